The highest BCUT2D eigenvalue weighted by Gasteiger charge is 2.22. The van der Waals surface area contributed by atoms with Crippen molar-refractivity contribution in [2.75, 3.05) is 47.4 Å². The maximum absolute atomic E-state index is 13.4. The van der Waals surface area contributed by atoms with Crippen LogP contribution in [0.4, 0.5) is 28.4 Å². The number of rotatable bonds is 21. The Morgan fingerprint density at radius 1 is 0.942 bits per heavy atom. The van der Waals surface area contributed by atoms with Crippen molar-refractivity contribution >= 4 is 46.3 Å². The highest BCUT2D eigenvalue weighted by molar-refractivity contribution is 5.96. The highest BCUT2D eigenvalue weighted by atomic mass is 16.6. The number of non-ortho nitro benzene ring substituents is 1. The standard InChI is InChI=1S/C37H47N7O8/c1-7-34(47)51-15-11-9-13-43(14-10-12-16-52-35(48)8-2)31-20-29(40-33(46)17-25(3)22-37(4,5)6)30(21-32(31)45)41-42-36-26(23-38)18-28(44(49)50)19-27(36)24-39/h7-8,18-21,25,41-42,45H,1-2,9-17,22H2,3-6H3,(H,40,46). The van der Waals surface area contributed by atoms with Crippen molar-refractivity contribution in [1.82, 2.24) is 0 Å². The van der Waals surface area contributed by atoms with E-state index >= 15 is 0 Å². The number of nitriles is 2. The Bertz CT molecular complexity index is 1640. The Labute approximate surface area is 304 Å². The number of nitro benzene ring substituents is 1. The average molecular weight is 718 g/mol. The molecule has 0 heterocycles. The third-order valence-electron chi connectivity index (χ3n) is 7.59. The molecule has 278 valence electrons. The second kappa shape index (κ2) is 20.6. The van der Waals surface area contributed by atoms with Gasteiger partial charge in [0, 0.05) is 49.9 Å². The van der Waals surface area contributed by atoms with Crippen molar-refractivity contribution in [3.63, 3.8) is 0 Å². The highest BCUT2D eigenvalue weighted by Crippen LogP contribution is 2.38. The molecule has 1 atom stereocenters. The van der Waals surface area contributed by atoms with Gasteiger partial charge in [-0.1, -0.05) is 40.9 Å². The lowest BCUT2D eigenvalue weighted by Gasteiger charge is -2.28. The van der Waals surface area contributed by atoms with Crippen molar-refractivity contribution in [2.24, 2.45) is 11.3 Å². The molecule has 2 aromatic carbocycles. The lowest BCUT2D eigenvalue weighted by atomic mass is 9.84. The van der Waals surface area contributed by atoms with E-state index in [1.807, 2.05) is 24.0 Å². The summed E-state index contributed by atoms with van der Waals surface area (Å²) in [5.74, 6) is -1.49. The van der Waals surface area contributed by atoms with Crippen LogP contribution in [0, 0.1) is 44.1 Å². The van der Waals surface area contributed by atoms with Gasteiger partial charge >= 0.3 is 11.9 Å². The quantitative estimate of drug-likeness (QED) is 0.0264. The van der Waals surface area contributed by atoms with Gasteiger partial charge in [0.2, 0.25) is 5.91 Å². The van der Waals surface area contributed by atoms with Crippen LogP contribution in [-0.2, 0) is 23.9 Å². The van der Waals surface area contributed by atoms with Crippen molar-refractivity contribution in [3.05, 3.63) is 70.8 Å². The number of hydrogen-bond donors (Lipinski definition) is 4. The van der Waals surface area contributed by atoms with Crippen LogP contribution in [0.2, 0.25) is 0 Å². The maximum Gasteiger partial charge on any atom is 0.330 e. The van der Waals surface area contributed by atoms with Gasteiger partial charge in [0.15, 0.2) is 0 Å². The molecule has 0 saturated carbocycles. The van der Waals surface area contributed by atoms with Gasteiger partial charge in [0.25, 0.3) is 5.69 Å². The summed E-state index contributed by atoms with van der Waals surface area (Å²) in [6.07, 6.45) is 5.33. The number of phenolic OH excluding ortho intramolecular Hbond substituents is 1. The molecular formula is C37H47N7O8. The topological polar surface area (TPSA) is 220 Å². The zero-order valence-electron chi connectivity index (χ0n) is 30.1. The molecule has 2 aromatic rings. The SMILES string of the molecule is C=CC(=O)OCCCCN(CCCCOC(=O)C=C)c1cc(NC(=O)CC(C)CC(C)(C)C)c(NNc2c(C#N)cc([N+](=O)[O-])cc2C#N)cc1O. The molecule has 0 aliphatic rings. The lowest BCUT2D eigenvalue weighted by Crippen LogP contribution is -2.27. The fourth-order valence-electron chi connectivity index (χ4n) is 5.47. The average Bonchev–Trinajstić information content (AvgIpc) is 3.08. The Morgan fingerprint density at radius 2 is 1.48 bits per heavy atom. The summed E-state index contributed by atoms with van der Waals surface area (Å²) < 4.78 is 10.2. The molecule has 0 saturated heterocycles. The predicted octanol–water partition coefficient (Wildman–Crippen LogP) is 6.71. The monoisotopic (exact) mass is 717 g/mol. The smallest absolute Gasteiger partial charge is 0.330 e. The molecule has 1 unspecified atom stereocenters. The molecule has 0 aliphatic carbocycles. The molecular weight excluding hydrogens is 670 g/mol. The largest absolute Gasteiger partial charge is 0.506 e. The number of carbonyl (C=O) groups excluding carboxylic acids is 3. The van der Waals surface area contributed by atoms with Gasteiger partial charge in [-0.15, -0.1) is 0 Å². The van der Waals surface area contributed by atoms with Gasteiger partial charge in [-0.3, -0.25) is 25.8 Å². The number of phenols is 1. The Kier molecular flexibility index (Phi) is 16.6. The van der Waals surface area contributed by atoms with Crippen molar-refractivity contribution in [3.8, 4) is 17.9 Å². The van der Waals surface area contributed by atoms with Crippen molar-refractivity contribution in [2.45, 2.75) is 66.2 Å². The maximum atomic E-state index is 13.4. The molecule has 0 aliphatic heterocycles. The number of benzene rings is 2. The van der Waals surface area contributed by atoms with E-state index in [4.69, 9.17) is 9.47 Å². The van der Waals surface area contributed by atoms with E-state index in [0.717, 1.165) is 30.7 Å². The molecule has 0 fully saturated rings. The summed E-state index contributed by atoms with van der Waals surface area (Å²) >= 11 is 0. The first-order chi connectivity index (χ1) is 24.6. The fraction of sp³-hybridized carbons (Fsp3) is 0.432. The summed E-state index contributed by atoms with van der Waals surface area (Å²) in [7, 11) is 0. The third-order valence-corrected chi connectivity index (χ3v) is 7.59. The number of carbonyl (C=O) groups is 3. The van der Waals surface area contributed by atoms with Crippen molar-refractivity contribution in [1.29, 1.82) is 10.5 Å². The van der Waals surface area contributed by atoms with Crippen LogP contribution >= 0.6 is 0 Å². The van der Waals surface area contributed by atoms with E-state index in [-0.39, 0.29) is 70.8 Å². The molecule has 15 nitrogen and oxygen atoms in total. The molecule has 1 amide bonds. The number of nitro groups is 1. The minimum atomic E-state index is -0.711. The van der Waals surface area contributed by atoms with Crippen LogP contribution in [0.5, 0.6) is 5.75 Å². The number of ether oxygens (including phenoxy) is 2. The van der Waals surface area contributed by atoms with Crippen molar-refractivity contribution < 1.29 is 33.9 Å². The molecule has 0 spiro atoms. The van der Waals surface area contributed by atoms with Crippen LogP contribution in [0.1, 0.15) is 77.3 Å². The predicted molar refractivity (Wildman–Crippen MR) is 197 cm³/mol. The number of amides is 1. The number of esters is 2. The third kappa shape index (κ3) is 14.0. The molecule has 0 radical (unpaired) electrons. The lowest BCUT2D eigenvalue weighted by molar-refractivity contribution is -0.384. The molecule has 15 heteroatoms. The summed E-state index contributed by atoms with van der Waals surface area (Å²) in [5.41, 5.74) is 5.61. The molecule has 52 heavy (non-hydrogen) atoms. The van der Waals surface area contributed by atoms with E-state index in [1.54, 1.807) is 6.07 Å². The molecule has 0 bridgehead atoms. The Morgan fingerprint density at radius 3 is 1.94 bits per heavy atom. The summed E-state index contributed by atoms with van der Waals surface area (Å²) in [6, 6.07) is 8.71. The van der Waals surface area contributed by atoms with E-state index in [9.17, 15) is 40.1 Å². The second-order valence-corrected chi connectivity index (χ2v) is 13.3. The first-order valence-electron chi connectivity index (χ1n) is 16.8. The summed E-state index contributed by atoms with van der Waals surface area (Å²) in [4.78, 5) is 48.8. The number of aromatic hydroxyl groups is 1. The van der Waals surface area contributed by atoms with Gasteiger partial charge in [-0.2, -0.15) is 10.5 Å². The van der Waals surface area contributed by atoms with E-state index < -0.39 is 22.5 Å². The zero-order chi connectivity index (χ0) is 38.8. The van der Waals surface area contributed by atoms with Crippen LogP contribution in [0.25, 0.3) is 0 Å². The van der Waals surface area contributed by atoms with Gasteiger partial charge in [-0.25, -0.2) is 9.59 Å². The first kappa shape index (κ1) is 42.1. The van der Waals surface area contributed by atoms with Crippen LogP contribution in [0.15, 0.2) is 49.6 Å². The fourth-order valence-corrected chi connectivity index (χ4v) is 5.47. The number of hydrazine groups is 1. The van der Waals surface area contributed by atoms with Gasteiger partial charge in [0.05, 0.1) is 52.0 Å². The zero-order valence-corrected chi connectivity index (χ0v) is 30.1. The van der Waals surface area contributed by atoms with Crippen LogP contribution in [0.3, 0.4) is 0 Å². The molecule has 0 aromatic heterocycles. The molecule has 2 rings (SSSR count). The minimum Gasteiger partial charge on any atom is -0.506 e. The number of unbranched alkanes of at least 4 members (excludes halogenated alkanes) is 2. The molecule has 4 N–H and O–H groups in total. The van der Waals surface area contributed by atoms with Crippen LogP contribution in [-0.4, -0.2) is 54.2 Å². The summed E-state index contributed by atoms with van der Waals surface area (Å²) in [6.45, 7) is 16.2. The number of nitrogens with zero attached hydrogens (tertiary/aromatic N) is 4. The van der Waals surface area contributed by atoms with Gasteiger partial charge < -0.3 is 24.8 Å². The van der Waals surface area contributed by atoms with E-state index in [0.29, 0.717) is 44.5 Å². The second-order valence-electron chi connectivity index (χ2n) is 13.3. The van der Waals surface area contributed by atoms with Gasteiger partial charge in [0.1, 0.15) is 17.9 Å². The first-order valence-corrected chi connectivity index (χ1v) is 16.8. The van der Waals surface area contributed by atoms with E-state index in [2.05, 4.69) is 50.1 Å². The number of anilines is 4. The van der Waals surface area contributed by atoms with Crippen LogP contribution < -0.4 is 21.1 Å². The number of nitrogens with one attached hydrogen (secondary N) is 3. The Balaban J connectivity index is 2.49. The number of hydrogen-bond acceptors (Lipinski definition) is 13. The Hall–Kier alpha value is -6.09. The summed E-state index contributed by atoms with van der Waals surface area (Å²) in [5, 5.41) is 45.0. The van der Waals surface area contributed by atoms with Gasteiger partial charge in [-0.05, 0) is 49.5 Å². The van der Waals surface area contributed by atoms with E-state index in [1.165, 1.54) is 6.07 Å². The normalized spacial score (nSPS) is 11.2. The minimum absolute atomic E-state index is 0.00177.